The van der Waals surface area contributed by atoms with Crippen LogP contribution in [0.15, 0.2) is 24.5 Å². The van der Waals surface area contributed by atoms with Crippen molar-refractivity contribution in [2.24, 2.45) is 0 Å². The van der Waals surface area contributed by atoms with E-state index in [9.17, 15) is 9.59 Å². The van der Waals surface area contributed by atoms with E-state index in [1.54, 1.807) is 18.0 Å². The number of rotatable bonds is 12. The first-order valence-corrected chi connectivity index (χ1v) is 11.2. The highest BCUT2D eigenvalue weighted by atomic mass is 32.2. The van der Waals surface area contributed by atoms with E-state index in [2.05, 4.69) is 17.2 Å². The van der Waals surface area contributed by atoms with Gasteiger partial charge >= 0.3 is 0 Å². The highest BCUT2D eigenvalue weighted by molar-refractivity contribution is 8.01. The first kappa shape index (κ1) is 21.7. The average molecular weight is 392 g/mol. The molecule has 5 nitrogen and oxygen atoms in total. The lowest BCUT2D eigenvalue weighted by Gasteiger charge is -2.23. The minimum Gasteiger partial charge on any atom is -0.355 e. The Hall–Kier alpha value is -1.56. The molecule has 1 aromatic heterocycles. The maximum atomic E-state index is 12.9. The lowest BCUT2D eigenvalue weighted by Crippen LogP contribution is -2.37. The Kier molecular flexibility index (Phi) is 9.67. The predicted molar refractivity (Wildman–Crippen MR) is 111 cm³/mol. The van der Waals surface area contributed by atoms with Gasteiger partial charge < -0.3 is 10.2 Å². The van der Waals surface area contributed by atoms with Gasteiger partial charge in [-0.2, -0.15) is 0 Å². The Morgan fingerprint density at radius 3 is 2.63 bits per heavy atom. The van der Waals surface area contributed by atoms with Crippen molar-refractivity contribution in [3.8, 4) is 0 Å². The summed E-state index contributed by atoms with van der Waals surface area (Å²) >= 11 is 1.73. The first-order valence-electron chi connectivity index (χ1n) is 10.2. The molecule has 2 rings (SSSR count). The minimum absolute atomic E-state index is 0.00508. The number of amides is 2. The van der Waals surface area contributed by atoms with E-state index in [0.29, 0.717) is 13.1 Å². The van der Waals surface area contributed by atoms with Gasteiger partial charge in [0.05, 0.1) is 5.25 Å². The highest BCUT2D eigenvalue weighted by Crippen LogP contribution is 2.44. The summed E-state index contributed by atoms with van der Waals surface area (Å²) in [5.74, 6) is 0.136. The number of nitrogens with one attached hydrogen (secondary N) is 1. The van der Waals surface area contributed by atoms with Crippen LogP contribution in [0.3, 0.4) is 0 Å². The van der Waals surface area contributed by atoms with E-state index in [1.807, 2.05) is 23.2 Å². The molecule has 0 aliphatic carbocycles. The van der Waals surface area contributed by atoms with Crippen LogP contribution >= 0.6 is 11.8 Å². The number of nitrogens with zero attached hydrogens (tertiary/aromatic N) is 2. The third kappa shape index (κ3) is 7.17. The van der Waals surface area contributed by atoms with Crippen molar-refractivity contribution in [3.63, 3.8) is 0 Å². The number of pyridine rings is 1. The summed E-state index contributed by atoms with van der Waals surface area (Å²) in [7, 11) is 0. The Morgan fingerprint density at radius 1 is 1.22 bits per heavy atom. The molecule has 0 saturated carbocycles. The summed E-state index contributed by atoms with van der Waals surface area (Å²) in [4.78, 5) is 30.2. The molecule has 2 heterocycles. The van der Waals surface area contributed by atoms with Gasteiger partial charge in [0.1, 0.15) is 5.37 Å². The van der Waals surface area contributed by atoms with Crippen molar-refractivity contribution in [2.75, 3.05) is 13.1 Å². The van der Waals surface area contributed by atoms with Gasteiger partial charge in [-0.25, -0.2) is 0 Å². The van der Waals surface area contributed by atoms with Crippen LogP contribution in [0.5, 0.6) is 0 Å². The second-order valence-corrected chi connectivity index (χ2v) is 8.48. The van der Waals surface area contributed by atoms with Gasteiger partial charge in [-0.1, -0.05) is 57.9 Å². The lowest BCUT2D eigenvalue weighted by atomic mass is 10.1. The summed E-state index contributed by atoms with van der Waals surface area (Å²) < 4.78 is 0. The summed E-state index contributed by atoms with van der Waals surface area (Å²) in [5, 5.41) is 2.81. The Bertz CT molecular complexity index is 582. The standard InChI is InChI=1S/C21H33N3O2S/c1-3-4-5-6-7-8-9-12-19-20(26)24(15-14-23-17(2)25)21(27-19)18-11-10-13-22-16-18/h10-11,13,16,19,21H,3-9,12,14-15H2,1-2H3,(H,23,25). The number of carbonyl (C=O) groups excluding carboxylic acids is 2. The normalized spacial score (nSPS) is 19.5. The van der Waals surface area contributed by atoms with Crippen molar-refractivity contribution in [3.05, 3.63) is 30.1 Å². The third-order valence-corrected chi connectivity index (χ3v) is 6.45. The summed E-state index contributed by atoms with van der Waals surface area (Å²) in [5.41, 5.74) is 1.06. The van der Waals surface area contributed by atoms with Crippen LogP contribution in [0.2, 0.25) is 0 Å². The van der Waals surface area contributed by atoms with Gasteiger partial charge in [0.2, 0.25) is 11.8 Å². The Balaban J connectivity index is 1.87. The van der Waals surface area contributed by atoms with Crippen molar-refractivity contribution < 1.29 is 9.59 Å². The molecule has 27 heavy (non-hydrogen) atoms. The molecule has 1 aliphatic heterocycles. The number of thioether (sulfide) groups is 1. The van der Waals surface area contributed by atoms with Crippen molar-refractivity contribution in [1.29, 1.82) is 0 Å². The Labute approximate surface area is 167 Å². The molecule has 2 atom stereocenters. The van der Waals surface area contributed by atoms with Crippen LogP contribution < -0.4 is 5.32 Å². The van der Waals surface area contributed by atoms with Crippen LogP contribution in [0.1, 0.15) is 76.2 Å². The molecule has 0 bridgehead atoms. The molecule has 1 saturated heterocycles. The smallest absolute Gasteiger partial charge is 0.237 e. The number of hydrogen-bond acceptors (Lipinski definition) is 4. The van der Waals surface area contributed by atoms with Gasteiger partial charge in [-0.05, 0) is 12.5 Å². The quantitative estimate of drug-likeness (QED) is 0.540. The van der Waals surface area contributed by atoms with Gasteiger partial charge in [-0.3, -0.25) is 14.6 Å². The number of unbranched alkanes of at least 4 members (excludes halogenated alkanes) is 6. The second-order valence-electron chi connectivity index (χ2n) is 7.19. The Morgan fingerprint density at radius 2 is 1.96 bits per heavy atom. The molecule has 0 spiro atoms. The van der Waals surface area contributed by atoms with Crippen molar-refractivity contribution in [2.45, 2.75) is 75.8 Å². The van der Waals surface area contributed by atoms with Gasteiger partial charge in [0.25, 0.3) is 0 Å². The zero-order chi connectivity index (χ0) is 19.5. The molecule has 0 aromatic carbocycles. The van der Waals surface area contributed by atoms with Crippen LogP contribution in [-0.2, 0) is 9.59 Å². The molecule has 1 N–H and O–H groups in total. The van der Waals surface area contributed by atoms with E-state index in [-0.39, 0.29) is 22.4 Å². The summed E-state index contributed by atoms with van der Waals surface area (Å²) in [6.07, 6.45) is 13.3. The largest absolute Gasteiger partial charge is 0.355 e. The van der Waals surface area contributed by atoms with Crippen LogP contribution in [0.25, 0.3) is 0 Å². The number of aromatic nitrogens is 1. The topological polar surface area (TPSA) is 62.3 Å². The SMILES string of the molecule is CCCCCCCCCC1SC(c2cccnc2)N(CCNC(C)=O)C1=O. The van der Waals surface area contributed by atoms with E-state index in [4.69, 9.17) is 0 Å². The fourth-order valence-corrected chi connectivity index (χ4v) is 4.95. The van der Waals surface area contributed by atoms with Crippen molar-refractivity contribution >= 4 is 23.6 Å². The molecule has 2 amide bonds. The molecular formula is C21H33N3O2S. The van der Waals surface area contributed by atoms with Gasteiger partial charge in [0, 0.05) is 38.0 Å². The molecule has 2 unspecified atom stereocenters. The third-order valence-electron chi connectivity index (χ3n) is 4.90. The van der Waals surface area contributed by atoms with Crippen molar-refractivity contribution in [1.82, 2.24) is 15.2 Å². The minimum atomic E-state index is -0.0631. The lowest BCUT2D eigenvalue weighted by molar-refractivity contribution is -0.130. The molecular weight excluding hydrogens is 358 g/mol. The van der Waals surface area contributed by atoms with E-state index in [1.165, 1.54) is 45.4 Å². The highest BCUT2D eigenvalue weighted by Gasteiger charge is 2.40. The van der Waals surface area contributed by atoms with Gasteiger partial charge in [-0.15, -0.1) is 11.8 Å². The molecule has 1 fully saturated rings. The van der Waals surface area contributed by atoms with Crippen LogP contribution in [-0.4, -0.2) is 40.0 Å². The maximum Gasteiger partial charge on any atom is 0.237 e. The maximum absolute atomic E-state index is 12.9. The van der Waals surface area contributed by atoms with E-state index in [0.717, 1.165) is 18.4 Å². The van der Waals surface area contributed by atoms with Crippen LogP contribution in [0, 0.1) is 0 Å². The van der Waals surface area contributed by atoms with Crippen LogP contribution in [0.4, 0.5) is 0 Å². The fraction of sp³-hybridized carbons (Fsp3) is 0.667. The number of carbonyl (C=O) groups is 2. The zero-order valence-electron chi connectivity index (χ0n) is 16.7. The average Bonchev–Trinajstić information content (AvgIpc) is 2.97. The molecule has 1 aliphatic rings. The first-order chi connectivity index (χ1) is 13.1. The summed E-state index contributed by atoms with van der Waals surface area (Å²) in [6.45, 7) is 4.77. The second kappa shape index (κ2) is 12.0. The molecule has 0 radical (unpaired) electrons. The predicted octanol–water partition coefficient (Wildman–Crippen LogP) is 4.30. The van der Waals surface area contributed by atoms with E-state index < -0.39 is 0 Å². The van der Waals surface area contributed by atoms with E-state index >= 15 is 0 Å². The molecule has 150 valence electrons. The zero-order valence-corrected chi connectivity index (χ0v) is 17.5. The molecule has 6 heteroatoms. The van der Waals surface area contributed by atoms with Gasteiger partial charge in [0.15, 0.2) is 0 Å². The molecule has 1 aromatic rings. The summed E-state index contributed by atoms with van der Waals surface area (Å²) in [6, 6.07) is 3.94. The fourth-order valence-electron chi connectivity index (χ4n) is 3.43. The monoisotopic (exact) mass is 391 g/mol. The number of hydrogen-bond donors (Lipinski definition) is 1.